The summed E-state index contributed by atoms with van der Waals surface area (Å²) in [5.74, 6) is -0.0546. The van der Waals surface area contributed by atoms with Crippen molar-refractivity contribution < 1.29 is 10.2 Å². The molecule has 1 aromatic rings. The van der Waals surface area contributed by atoms with E-state index in [1.165, 1.54) is 0 Å². The number of nitrogen functional groups attached to an aromatic ring is 1. The number of nitrogens with two attached hydrogens (primary N) is 1. The SMILES string of the molecule is Cc1cc(C(O)C(O)CCl)c(Cl)cc1N. The van der Waals surface area contributed by atoms with E-state index < -0.39 is 12.2 Å². The fourth-order valence-corrected chi connectivity index (χ4v) is 1.69. The average molecular weight is 250 g/mol. The molecule has 0 fully saturated rings. The van der Waals surface area contributed by atoms with Crippen molar-refractivity contribution in [2.75, 3.05) is 11.6 Å². The van der Waals surface area contributed by atoms with Crippen LogP contribution in [0.4, 0.5) is 5.69 Å². The zero-order valence-corrected chi connectivity index (χ0v) is 9.76. The first-order valence-electron chi connectivity index (χ1n) is 4.45. The Hall–Kier alpha value is -0.480. The second-order valence-corrected chi connectivity index (χ2v) is 4.11. The number of rotatable bonds is 3. The van der Waals surface area contributed by atoms with Crippen LogP contribution in [0.25, 0.3) is 0 Å². The molecular weight excluding hydrogens is 237 g/mol. The van der Waals surface area contributed by atoms with Crippen molar-refractivity contribution in [1.29, 1.82) is 0 Å². The minimum Gasteiger partial charge on any atom is -0.398 e. The number of alkyl halides is 1. The Labute approximate surface area is 98.4 Å². The number of halogens is 2. The van der Waals surface area contributed by atoms with Crippen LogP contribution in [0, 0.1) is 6.92 Å². The Bertz CT molecular complexity index is 358. The summed E-state index contributed by atoms with van der Waals surface area (Å²) < 4.78 is 0. The van der Waals surface area contributed by atoms with Gasteiger partial charge in [-0.1, -0.05) is 11.6 Å². The van der Waals surface area contributed by atoms with Gasteiger partial charge in [0.15, 0.2) is 0 Å². The van der Waals surface area contributed by atoms with E-state index in [0.29, 0.717) is 16.3 Å². The zero-order chi connectivity index (χ0) is 11.6. The van der Waals surface area contributed by atoms with Gasteiger partial charge in [0.05, 0.1) is 12.0 Å². The Morgan fingerprint density at radius 3 is 2.53 bits per heavy atom. The number of benzene rings is 1. The number of hydrogen-bond donors (Lipinski definition) is 3. The molecule has 0 saturated heterocycles. The summed E-state index contributed by atoms with van der Waals surface area (Å²) >= 11 is 11.3. The molecule has 4 N–H and O–H groups in total. The van der Waals surface area contributed by atoms with Gasteiger partial charge < -0.3 is 15.9 Å². The van der Waals surface area contributed by atoms with E-state index in [2.05, 4.69) is 0 Å². The molecule has 5 heteroatoms. The molecule has 0 spiro atoms. The maximum atomic E-state index is 9.73. The van der Waals surface area contributed by atoms with Gasteiger partial charge in [-0.2, -0.15) is 0 Å². The lowest BCUT2D eigenvalue weighted by molar-refractivity contribution is 0.0327. The van der Waals surface area contributed by atoms with Gasteiger partial charge in [0.2, 0.25) is 0 Å². The van der Waals surface area contributed by atoms with Gasteiger partial charge in [0, 0.05) is 16.3 Å². The van der Waals surface area contributed by atoms with Crippen molar-refractivity contribution in [2.24, 2.45) is 0 Å². The van der Waals surface area contributed by atoms with Gasteiger partial charge in [0.25, 0.3) is 0 Å². The van der Waals surface area contributed by atoms with Crippen LogP contribution in [0.2, 0.25) is 5.02 Å². The normalized spacial score (nSPS) is 15.0. The summed E-state index contributed by atoms with van der Waals surface area (Å²) in [5, 5.41) is 19.4. The highest BCUT2D eigenvalue weighted by atomic mass is 35.5. The van der Waals surface area contributed by atoms with Crippen molar-refractivity contribution in [3.63, 3.8) is 0 Å². The molecule has 0 aliphatic rings. The molecule has 0 aromatic heterocycles. The smallest absolute Gasteiger partial charge is 0.107 e. The molecule has 0 radical (unpaired) electrons. The summed E-state index contributed by atoms with van der Waals surface area (Å²) in [6.07, 6.45) is -2.12. The standard InChI is InChI=1S/C10H13Cl2NO2/c1-5-2-6(7(12)3-8(5)13)10(15)9(14)4-11/h2-3,9-10,14-15H,4,13H2,1H3. The van der Waals surface area contributed by atoms with Crippen molar-refractivity contribution in [2.45, 2.75) is 19.1 Å². The van der Waals surface area contributed by atoms with E-state index in [-0.39, 0.29) is 5.88 Å². The lowest BCUT2D eigenvalue weighted by atomic mass is 10.0. The first-order valence-corrected chi connectivity index (χ1v) is 5.36. The molecule has 2 atom stereocenters. The summed E-state index contributed by atoms with van der Waals surface area (Å²) in [4.78, 5) is 0. The van der Waals surface area contributed by atoms with Crippen LogP contribution in [0.3, 0.4) is 0 Å². The van der Waals surface area contributed by atoms with Crippen LogP contribution < -0.4 is 5.73 Å². The van der Waals surface area contributed by atoms with Gasteiger partial charge in [-0.25, -0.2) is 0 Å². The predicted molar refractivity (Wildman–Crippen MR) is 62.3 cm³/mol. The van der Waals surface area contributed by atoms with Crippen molar-refractivity contribution >= 4 is 28.9 Å². The summed E-state index contributed by atoms with van der Waals surface area (Å²) in [6.45, 7) is 1.80. The third kappa shape index (κ3) is 2.75. The quantitative estimate of drug-likeness (QED) is 0.566. The van der Waals surface area contributed by atoms with Gasteiger partial charge in [-0.15, -0.1) is 11.6 Å². The molecule has 84 valence electrons. The van der Waals surface area contributed by atoms with Crippen molar-refractivity contribution in [3.05, 3.63) is 28.3 Å². The van der Waals surface area contributed by atoms with Gasteiger partial charge >= 0.3 is 0 Å². The van der Waals surface area contributed by atoms with Crippen LogP contribution in [0.1, 0.15) is 17.2 Å². The predicted octanol–water partition coefficient (Wildman–Crippen LogP) is 1.86. The van der Waals surface area contributed by atoms with Crippen LogP contribution in [0.15, 0.2) is 12.1 Å². The highest BCUT2D eigenvalue weighted by molar-refractivity contribution is 6.31. The van der Waals surface area contributed by atoms with Gasteiger partial charge in [-0.3, -0.25) is 0 Å². The maximum Gasteiger partial charge on any atom is 0.107 e. The lowest BCUT2D eigenvalue weighted by Gasteiger charge is -2.18. The van der Waals surface area contributed by atoms with E-state index in [4.69, 9.17) is 28.9 Å². The topological polar surface area (TPSA) is 66.5 Å². The van der Waals surface area contributed by atoms with Crippen LogP contribution in [0.5, 0.6) is 0 Å². The van der Waals surface area contributed by atoms with Gasteiger partial charge in [0.1, 0.15) is 6.10 Å². The van der Waals surface area contributed by atoms with Crippen LogP contribution >= 0.6 is 23.2 Å². The molecule has 2 unspecified atom stereocenters. The third-order valence-corrected chi connectivity index (χ3v) is 2.87. The zero-order valence-electron chi connectivity index (χ0n) is 8.24. The Morgan fingerprint density at radius 1 is 1.40 bits per heavy atom. The Morgan fingerprint density at radius 2 is 2.00 bits per heavy atom. The van der Waals surface area contributed by atoms with Crippen LogP contribution in [-0.4, -0.2) is 22.2 Å². The van der Waals surface area contributed by atoms with E-state index in [9.17, 15) is 10.2 Å². The van der Waals surface area contributed by atoms with Crippen LogP contribution in [-0.2, 0) is 0 Å². The molecule has 0 bridgehead atoms. The van der Waals surface area contributed by atoms with E-state index in [1.54, 1.807) is 19.1 Å². The number of hydrogen-bond acceptors (Lipinski definition) is 3. The van der Waals surface area contributed by atoms with E-state index in [0.717, 1.165) is 5.56 Å². The molecule has 1 rings (SSSR count). The molecule has 0 aliphatic carbocycles. The van der Waals surface area contributed by atoms with Gasteiger partial charge in [-0.05, 0) is 24.6 Å². The van der Waals surface area contributed by atoms with Crippen molar-refractivity contribution in [1.82, 2.24) is 0 Å². The Balaban J connectivity index is 3.09. The fourth-order valence-electron chi connectivity index (χ4n) is 1.24. The molecule has 15 heavy (non-hydrogen) atoms. The summed E-state index contributed by atoms with van der Waals surface area (Å²) in [7, 11) is 0. The molecule has 3 nitrogen and oxygen atoms in total. The Kier molecular flexibility index (Phi) is 4.22. The molecule has 0 aliphatic heterocycles. The highest BCUT2D eigenvalue weighted by Crippen LogP contribution is 2.29. The molecular formula is C10H13Cl2NO2. The second kappa shape index (κ2) is 5.03. The molecule has 1 aromatic carbocycles. The fraction of sp³-hybridized carbons (Fsp3) is 0.400. The average Bonchev–Trinajstić information content (AvgIpc) is 2.21. The molecule has 0 amide bonds. The summed E-state index contributed by atoms with van der Waals surface area (Å²) in [6, 6.07) is 3.20. The van der Waals surface area contributed by atoms with E-state index in [1.807, 2.05) is 0 Å². The lowest BCUT2D eigenvalue weighted by Crippen LogP contribution is -2.20. The number of anilines is 1. The number of aryl methyl sites for hydroxylation is 1. The minimum atomic E-state index is -1.09. The number of aliphatic hydroxyl groups excluding tert-OH is 2. The monoisotopic (exact) mass is 249 g/mol. The minimum absolute atomic E-state index is 0.0546. The second-order valence-electron chi connectivity index (χ2n) is 3.40. The molecule has 0 heterocycles. The van der Waals surface area contributed by atoms with E-state index >= 15 is 0 Å². The highest BCUT2D eigenvalue weighted by Gasteiger charge is 2.20. The maximum absolute atomic E-state index is 9.73. The first-order chi connectivity index (χ1) is 6.97. The third-order valence-electron chi connectivity index (χ3n) is 2.23. The molecule has 0 saturated carbocycles. The first kappa shape index (κ1) is 12.6. The summed E-state index contributed by atoms with van der Waals surface area (Å²) in [5.41, 5.74) is 7.44. The van der Waals surface area contributed by atoms with Crippen molar-refractivity contribution in [3.8, 4) is 0 Å². The largest absolute Gasteiger partial charge is 0.398 e. The number of aliphatic hydroxyl groups is 2.